The van der Waals surface area contributed by atoms with E-state index in [1.54, 1.807) is 7.11 Å². The fraction of sp³-hybridized carbons (Fsp3) is 0.414. The molecule has 1 aliphatic heterocycles. The predicted molar refractivity (Wildman–Crippen MR) is 145 cm³/mol. The van der Waals surface area contributed by atoms with Crippen LogP contribution in [0.2, 0.25) is 0 Å². The number of ether oxygens (including phenoxy) is 1. The first-order chi connectivity index (χ1) is 17.3. The average molecular weight is 488 g/mol. The highest BCUT2D eigenvalue weighted by Crippen LogP contribution is 2.26. The summed E-state index contributed by atoms with van der Waals surface area (Å²) in [5.41, 5.74) is 5.41. The summed E-state index contributed by atoms with van der Waals surface area (Å²) in [5.74, 6) is 3.06. The minimum atomic E-state index is -0.0531. The van der Waals surface area contributed by atoms with Crippen molar-refractivity contribution >= 4 is 17.5 Å². The van der Waals surface area contributed by atoms with E-state index in [-0.39, 0.29) is 6.03 Å². The lowest BCUT2D eigenvalue weighted by molar-refractivity contribution is 0.215. The molecule has 190 valence electrons. The summed E-state index contributed by atoms with van der Waals surface area (Å²) in [6.45, 7) is 11.3. The van der Waals surface area contributed by atoms with Gasteiger partial charge in [0.15, 0.2) is 0 Å². The summed E-state index contributed by atoms with van der Waals surface area (Å²) in [5, 5.41) is 3.06. The van der Waals surface area contributed by atoms with E-state index in [4.69, 9.17) is 9.72 Å². The summed E-state index contributed by atoms with van der Waals surface area (Å²) in [6, 6.07) is 16.2. The number of rotatable bonds is 6. The molecule has 1 fully saturated rings. The van der Waals surface area contributed by atoms with Crippen LogP contribution in [-0.2, 0) is 6.42 Å². The van der Waals surface area contributed by atoms with E-state index in [9.17, 15) is 4.79 Å². The zero-order chi connectivity index (χ0) is 25.7. The van der Waals surface area contributed by atoms with Gasteiger partial charge in [-0.1, -0.05) is 38.1 Å². The van der Waals surface area contributed by atoms with Gasteiger partial charge < -0.3 is 19.9 Å². The van der Waals surface area contributed by atoms with Crippen LogP contribution in [0, 0.1) is 13.8 Å². The SMILES string of the molecule is COc1ccc(Cc2c(C)nc(C)nc2N2CCCN(C(=O)Nc3ccc(C(C)C)cc3)CC2)cc1. The van der Waals surface area contributed by atoms with Crippen LogP contribution in [0.5, 0.6) is 5.75 Å². The minimum absolute atomic E-state index is 0.0531. The Kier molecular flexibility index (Phi) is 8.08. The molecule has 0 atom stereocenters. The quantitative estimate of drug-likeness (QED) is 0.493. The van der Waals surface area contributed by atoms with Crippen molar-refractivity contribution in [2.45, 2.75) is 46.5 Å². The largest absolute Gasteiger partial charge is 0.497 e. The fourth-order valence-corrected chi connectivity index (χ4v) is 4.62. The van der Waals surface area contributed by atoms with Crippen molar-refractivity contribution in [3.8, 4) is 5.75 Å². The molecular formula is C29H37N5O2. The second kappa shape index (κ2) is 11.4. The number of carbonyl (C=O) groups excluding carboxylic acids is 1. The van der Waals surface area contributed by atoms with E-state index >= 15 is 0 Å². The molecule has 0 unspecified atom stereocenters. The third kappa shape index (κ3) is 6.14. The number of urea groups is 1. The number of anilines is 2. The molecule has 36 heavy (non-hydrogen) atoms. The minimum Gasteiger partial charge on any atom is -0.497 e. The molecule has 0 bridgehead atoms. The highest BCUT2D eigenvalue weighted by Gasteiger charge is 2.23. The molecule has 1 aliphatic rings. The molecule has 2 aromatic carbocycles. The third-order valence-corrected chi connectivity index (χ3v) is 6.76. The third-order valence-electron chi connectivity index (χ3n) is 6.76. The molecule has 1 saturated heterocycles. The van der Waals surface area contributed by atoms with E-state index in [0.717, 1.165) is 60.3 Å². The van der Waals surface area contributed by atoms with Crippen LogP contribution in [0.25, 0.3) is 0 Å². The first-order valence-electron chi connectivity index (χ1n) is 12.7. The Hall–Kier alpha value is -3.61. The van der Waals surface area contributed by atoms with Crippen molar-refractivity contribution in [1.29, 1.82) is 0 Å². The number of methoxy groups -OCH3 is 1. The number of nitrogens with zero attached hydrogens (tertiary/aromatic N) is 4. The average Bonchev–Trinajstić information content (AvgIpc) is 3.13. The molecule has 2 amide bonds. The second-order valence-electron chi connectivity index (χ2n) is 9.72. The van der Waals surface area contributed by atoms with Crippen LogP contribution in [0.4, 0.5) is 16.3 Å². The number of hydrogen-bond acceptors (Lipinski definition) is 5. The number of carbonyl (C=O) groups is 1. The molecular weight excluding hydrogens is 450 g/mol. The maximum atomic E-state index is 13.0. The lowest BCUT2D eigenvalue weighted by Crippen LogP contribution is -2.38. The molecule has 7 heteroatoms. The first kappa shape index (κ1) is 25.5. The summed E-state index contributed by atoms with van der Waals surface area (Å²) in [4.78, 5) is 26.7. The fourth-order valence-electron chi connectivity index (χ4n) is 4.62. The number of aryl methyl sites for hydroxylation is 2. The van der Waals surface area contributed by atoms with Gasteiger partial charge >= 0.3 is 6.03 Å². The Morgan fingerprint density at radius 1 is 0.972 bits per heavy atom. The monoisotopic (exact) mass is 487 g/mol. The van der Waals surface area contributed by atoms with Gasteiger partial charge in [0.2, 0.25) is 0 Å². The maximum absolute atomic E-state index is 13.0. The lowest BCUT2D eigenvalue weighted by atomic mass is 10.0. The van der Waals surface area contributed by atoms with Crippen LogP contribution >= 0.6 is 0 Å². The van der Waals surface area contributed by atoms with E-state index in [1.165, 1.54) is 11.1 Å². The number of benzene rings is 2. The Morgan fingerprint density at radius 2 is 1.69 bits per heavy atom. The predicted octanol–water partition coefficient (Wildman–Crippen LogP) is 5.56. The highest BCUT2D eigenvalue weighted by molar-refractivity contribution is 5.89. The van der Waals surface area contributed by atoms with Gasteiger partial charge in [-0.3, -0.25) is 0 Å². The highest BCUT2D eigenvalue weighted by atomic mass is 16.5. The molecule has 4 rings (SSSR count). The normalized spacial score (nSPS) is 14.1. The summed E-state index contributed by atoms with van der Waals surface area (Å²) in [7, 11) is 1.68. The lowest BCUT2D eigenvalue weighted by Gasteiger charge is -2.26. The van der Waals surface area contributed by atoms with Gasteiger partial charge in [-0.25, -0.2) is 14.8 Å². The number of hydrogen-bond donors (Lipinski definition) is 1. The molecule has 0 spiro atoms. The zero-order valence-corrected chi connectivity index (χ0v) is 22.0. The van der Waals surface area contributed by atoms with Gasteiger partial charge in [-0.05, 0) is 61.6 Å². The Morgan fingerprint density at radius 3 is 2.36 bits per heavy atom. The van der Waals surface area contributed by atoms with Crippen molar-refractivity contribution in [3.63, 3.8) is 0 Å². The van der Waals surface area contributed by atoms with Crippen LogP contribution in [0.15, 0.2) is 48.5 Å². The first-order valence-corrected chi connectivity index (χ1v) is 12.7. The summed E-state index contributed by atoms with van der Waals surface area (Å²) in [6.07, 6.45) is 1.63. The van der Waals surface area contributed by atoms with Crippen molar-refractivity contribution in [3.05, 3.63) is 76.7 Å². The van der Waals surface area contributed by atoms with Crippen LogP contribution in [-0.4, -0.2) is 54.2 Å². The Bertz CT molecular complexity index is 1180. The molecule has 1 aromatic heterocycles. The molecule has 1 N–H and O–H groups in total. The van der Waals surface area contributed by atoms with Crippen molar-refractivity contribution in [2.24, 2.45) is 0 Å². The second-order valence-corrected chi connectivity index (χ2v) is 9.72. The topological polar surface area (TPSA) is 70.6 Å². The zero-order valence-electron chi connectivity index (χ0n) is 22.0. The molecule has 2 heterocycles. The van der Waals surface area contributed by atoms with Gasteiger partial charge in [0.05, 0.1) is 7.11 Å². The van der Waals surface area contributed by atoms with Gasteiger partial charge in [-0.15, -0.1) is 0 Å². The van der Waals surface area contributed by atoms with E-state index in [0.29, 0.717) is 19.0 Å². The smallest absolute Gasteiger partial charge is 0.321 e. The van der Waals surface area contributed by atoms with Gasteiger partial charge in [0, 0.05) is 49.5 Å². The summed E-state index contributed by atoms with van der Waals surface area (Å²) >= 11 is 0. The number of nitrogens with one attached hydrogen (secondary N) is 1. The van der Waals surface area contributed by atoms with Gasteiger partial charge in [-0.2, -0.15) is 0 Å². The Balaban J connectivity index is 1.46. The standard InChI is InChI=1S/C29H37N5O2/c1-20(2)24-9-11-25(12-10-24)32-29(35)34-16-6-15-33(17-18-34)28-27(21(3)30-22(4)31-28)19-23-7-13-26(36-5)14-8-23/h7-14,20H,6,15-19H2,1-5H3,(H,32,35). The molecule has 7 nitrogen and oxygen atoms in total. The Labute approximate surface area is 214 Å². The van der Waals surface area contributed by atoms with E-state index < -0.39 is 0 Å². The van der Waals surface area contributed by atoms with Gasteiger partial charge in [0.1, 0.15) is 17.4 Å². The van der Waals surface area contributed by atoms with E-state index in [2.05, 4.69) is 60.2 Å². The molecule has 0 saturated carbocycles. The van der Waals surface area contributed by atoms with Crippen LogP contribution in [0.1, 0.15) is 54.4 Å². The summed E-state index contributed by atoms with van der Waals surface area (Å²) < 4.78 is 5.30. The van der Waals surface area contributed by atoms with Crippen molar-refractivity contribution in [1.82, 2.24) is 14.9 Å². The van der Waals surface area contributed by atoms with Crippen molar-refractivity contribution in [2.75, 3.05) is 43.5 Å². The van der Waals surface area contributed by atoms with Gasteiger partial charge in [0.25, 0.3) is 0 Å². The van der Waals surface area contributed by atoms with Crippen LogP contribution in [0.3, 0.4) is 0 Å². The number of amides is 2. The molecule has 0 aliphatic carbocycles. The molecule has 0 radical (unpaired) electrons. The van der Waals surface area contributed by atoms with Crippen LogP contribution < -0.4 is 15.0 Å². The van der Waals surface area contributed by atoms with Crippen molar-refractivity contribution < 1.29 is 9.53 Å². The number of aromatic nitrogens is 2. The maximum Gasteiger partial charge on any atom is 0.321 e. The van der Waals surface area contributed by atoms with E-state index in [1.807, 2.05) is 36.1 Å². The molecule has 3 aromatic rings.